The van der Waals surface area contributed by atoms with Gasteiger partial charge in [0.05, 0.1) is 6.61 Å². The number of nitrogens with one attached hydrogen (secondary N) is 1. The predicted molar refractivity (Wildman–Crippen MR) is 116 cm³/mol. The summed E-state index contributed by atoms with van der Waals surface area (Å²) >= 11 is 0. The van der Waals surface area contributed by atoms with E-state index in [0.717, 1.165) is 18.4 Å². The molecule has 29 heavy (non-hydrogen) atoms. The molecule has 0 spiro atoms. The van der Waals surface area contributed by atoms with Crippen molar-refractivity contribution in [3.8, 4) is 0 Å². The second kappa shape index (κ2) is 10.8. The lowest BCUT2D eigenvalue weighted by Crippen LogP contribution is -2.40. The molecule has 1 aliphatic carbocycles. The van der Waals surface area contributed by atoms with E-state index in [4.69, 9.17) is 9.47 Å². The van der Waals surface area contributed by atoms with Gasteiger partial charge < -0.3 is 14.8 Å². The van der Waals surface area contributed by atoms with Gasteiger partial charge in [0.25, 0.3) is 0 Å². The van der Waals surface area contributed by atoms with Gasteiger partial charge in [0.15, 0.2) is 0 Å². The number of hydrogen-bond acceptors (Lipinski definition) is 4. The van der Waals surface area contributed by atoms with E-state index in [-0.39, 0.29) is 18.4 Å². The van der Waals surface area contributed by atoms with Gasteiger partial charge in [-0.25, -0.2) is 4.79 Å². The molecule has 0 radical (unpaired) electrons. The number of amides is 1. The van der Waals surface area contributed by atoms with Crippen LogP contribution in [0, 0.1) is 0 Å². The van der Waals surface area contributed by atoms with E-state index in [1.807, 2.05) is 20.8 Å². The molecule has 1 N–H and O–H groups in total. The molecule has 1 aromatic carbocycles. The summed E-state index contributed by atoms with van der Waals surface area (Å²) in [7, 11) is 0. The van der Waals surface area contributed by atoms with Crippen LogP contribution in [0.4, 0.5) is 4.79 Å². The zero-order chi connectivity index (χ0) is 21.3. The molecule has 0 saturated carbocycles. The average Bonchev–Trinajstić information content (AvgIpc) is 2.66. The smallest absolute Gasteiger partial charge is 0.407 e. The number of rotatable bonds is 8. The van der Waals surface area contributed by atoms with Crippen LogP contribution >= 0.6 is 0 Å². The predicted octanol–water partition coefficient (Wildman–Crippen LogP) is 5.20. The van der Waals surface area contributed by atoms with Crippen LogP contribution in [-0.2, 0) is 20.7 Å². The van der Waals surface area contributed by atoms with Crippen molar-refractivity contribution in [2.45, 2.75) is 71.4 Å². The van der Waals surface area contributed by atoms with Gasteiger partial charge in [0.1, 0.15) is 5.60 Å². The summed E-state index contributed by atoms with van der Waals surface area (Å²) in [6, 6.07) is 8.15. The van der Waals surface area contributed by atoms with Crippen molar-refractivity contribution in [3.63, 3.8) is 0 Å². The Bertz CT molecular complexity index is 741. The Kier molecular flexibility index (Phi) is 8.50. The lowest BCUT2D eigenvalue weighted by molar-refractivity contribution is -0.143. The third-order valence-corrected chi connectivity index (χ3v) is 4.49. The van der Waals surface area contributed by atoms with Crippen LogP contribution in [-0.4, -0.2) is 30.3 Å². The molecular weight excluding hydrogens is 366 g/mol. The summed E-state index contributed by atoms with van der Waals surface area (Å²) in [5.74, 6) is -0.255. The highest BCUT2D eigenvalue weighted by molar-refractivity contribution is 5.75. The Morgan fingerprint density at radius 1 is 1.14 bits per heavy atom. The van der Waals surface area contributed by atoms with E-state index >= 15 is 0 Å². The fourth-order valence-corrected chi connectivity index (χ4v) is 3.17. The Balaban J connectivity index is 2.02. The number of carbonyl (C=O) groups excluding carboxylic acids is 2. The van der Waals surface area contributed by atoms with Gasteiger partial charge in [-0.15, -0.1) is 0 Å². The highest BCUT2D eigenvalue weighted by atomic mass is 16.6. The number of allylic oxidation sites excluding steroid dienone is 4. The first-order chi connectivity index (χ1) is 13.8. The highest BCUT2D eigenvalue weighted by Gasteiger charge is 2.21. The molecule has 1 unspecified atom stereocenters. The summed E-state index contributed by atoms with van der Waals surface area (Å²) in [5, 5.41) is 2.91. The van der Waals surface area contributed by atoms with Crippen molar-refractivity contribution in [1.29, 1.82) is 0 Å². The zero-order valence-electron chi connectivity index (χ0n) is 18.0. The average molecular weight is 400 g/mol. The Morgan fingerprint density at radius 3 is 2.45 bits per heavy atom. The van der Waals surface area contributed by atoms with E-state index in [0.29, 0.717) is 19.4 Å². The molecule has 0 bridgehead atoms. The van der Waals surface area contributed by atoms with Crippen LogP contribution in [0.2, 0.25) is 0 Å². The molecule has 0 fully saturated rings. The second-order valence-electron chi connectivity index (χ2n) is 8.23. The molecule has 5 nitrogen and oxygen atoms in total. The third-order valence-electron chi connectivity index (χ3n) is 4.49. The van der Waals surface area contributed by atoms with Gasteiger partial charge in [-0.2, -0.15) is 0 Å². The van der Waals surface area contributed by atoms with Gasteiger partial charge >= 0.3 is 12.1 Å². The molecule has 1 aromatic rings. The topological polar surface area (TPSA) is 64.6 Å². The largest absolute Gasteiger partial charge is 0.466 e. The molecule has 1 aliphatic rings. The van der Waals surface area contributed by atoms with Gasteiger partial charge in [-0.1, -0.05) is 42.5 Å². The second-order valence-corrected chi connectivity index (χ2v) is 8.23. The fourth-order valence-electron chi connectivity index (χ4n) is 3.17. The molecule has 2 rings (SSSR count). The van der Waals surface area contributed by atoms with Crippen LogP contribution in [0.25, 0.3) is 5.57 Å². The summed E-state index contributed by atoms with van der Waals surface area (Å²) in [4.78, 5) is 24.0. The van der Waals surface area contributed by atoms with Crippen molar-refractivity contribution >= 4 is 17.6 Å². The maximum atomic E-state index is 12.2. The Morgan fingerprint density at radius 2 is 1.86 bits per heavy atom. The van der Waals surface area contributed by atoms with Crippen LogP contribution in [0.5, 0.6) is 0 Å². The quantitative estimate of drug-likeness (QED) is 0.610. The monoisotopic (exact) mass is 399 g/mol. The molecule has 1 atom stereocenters. The minimum Gasteiger partial charge on any atom is -0.466 e. The molecule has 158 valence electrons. The number of ether oxygens (including phenoxy) is 2. The summed E-state index contributed by atoms with van der Waals surface area (Å²) in [6.07, 6.45) is 9.67. The van der Waals surface area contributed by atoms with E-state index in [9.17, 15) is 9.59 Å². The number of benzene rings is 1. The molecule has 0 heterocycles. The standard InChI is InChI=1S/C24H33NO4/c1-5-28-22(26)16-15-21(25-23(27)29-24(2,3)4)17-18-11-13-20(14-12-18)19-9-7-6-8-10-19/h7,9-14,21H,5-6,8,15-17H2,1-4H3,(H,25,27). The maximum Gasteiger partial charge on any atom is 0.407 e. The van der Waals surface area contributed by atoms with Crippen molar-refractivity contribution in [2.24, 2.45) is 0 Å². The minimum atomic E-state index is -0.571. The molecule has 0 aliphatic heterocycles. The molecule has 5 heteroatoms. The molecule has 1 amide bonds. The highest BCUT2D eigenvalue weighted by Crippen LogP contribution is 2.22. The zero-order valence-corrected chi connectivity index (χ0v) is 18.0. The van der Waals surface area contributed by atoms with Crippen LogP contribution < -0.4 is 5.32 Å². The number of alkyl carbamates (subject to hydrolysis) is 1. The van der Waals surface area contributed by atoms with E-state index in [2.05, 4.69) is 47.8 Å². The van der Waals surface area contributed by atoms with Gasteiger partial charge in [0.2, 0.25) is 0 Å². The third kappa shape index (κ3) is 8.55. The normalized spacial score (nSPS) is 14.7. The number of carbonyl (C=O) groups is 2. The number of hydrogen-bond donors (Lipinski definition) is 1. The SMILES string of the molecule is CCOC(=O)CCC(Cc1ccc(C2=CCCC=C2)cc1)NC(=O)OC(C)(C)C. The van der Waals surface area contributed by atoms with Crippen molar-refractivity contribution in [2.75, 3.05) is 6.61 Å². The first-order valence-electron chi connectivity index (χ1n) is 10.4. The lowest BCUT2D eigenvalue weighted by Gasteiger charge is -2.24. The summed E-state index contributed by atoms with van der Waals surface area (Å²) in [5.41, 5.74) is 2.96. The lowest BCUT2D eigenvalue weighted by atomic mass is 9.96. The Labute approximate surface area is 174 Å². The van der Waals surface area contributed by atoms with Gasteiger partial charge in [0, 0.05) is 12.5 Å². The number of esters is 1. The first kappa shape index (κ1) is 22.7. The van der Waals surface area contributed by atoms with E-state index in [1.54, 1.807) is 6.92 Å². The molecule has 0 aromatic heterocycles. The van der Waals surface area contributed by atoms with Crippen LogP contribution in [0.1, 0.15) is 64.5 Å². The molecular formula is C24H33NO4. The van der Waals surface area contributed by atoms with E-state index < -0.39 is 11.7 Å². The van der Waals surface area contributed by atoms with Crippen LogP contribution in [0.3, 0.4) is 0 Å². The Hall–Kier alpha value is -2.56. The maximum absolute atomic E-state index is 12.2. The van der Waals surface area contributed by atoms with Crippen molar-refractivity contribution in [1.82, 2.24) is 5.32 Å². The van der Waals surface area contributed by atoms with Crippen molar-refractivity contribution < 1.29 is 19.1 Å². The van der Waals surface area contributed by atoms with E-state index in [1.165, 1.54) is 11.1 Å². The fraction of sp³-hybridized carbons (Fsp3) is 0.500. The van der Waals surface area contributed by atoms with Crippen LogP contribution in [0.15, 0.2) is 42.5 Å². The summed E-state index contributed by atoms with van der Waals surface area (Å²) < 4.78 is 10.4. The van der Waals surface area contributed by atoms with Crippen molar-refractivity contribution in [3.05, 3.63) is 53.6 Å². The van der Waals surface area contributed by atoms with Gasteiger partial charge in [-0.05, 0) is 70.1 Å². The first-order valence-corrected chi connectivity index (χ1v) is 10.4. The van der Waals surface area contributed by atoms with Gasteiger partial charge in [-0.3, -0.25) is 4.79 Å². The molecule has 0 saturated heterocycles. The minimum absolute atomic E-state index is 0.214. The summed E-state index contributed by atoms with van der Waals surface area (Å²) in [6.45, 7) is 7.62.